The van der Waals surface area contributed by atoms with Gasteiger partial charge in [-0.3, -0.25) is 15.0 Å². The number of hydrogen-bond acceptors (Lipinski definition) is 5. The molecule has 210 valence electrons. The fourth-order valence-corrected chi connectivity index (χ4v) is 6.72. The molecule has 2 aliphatic rings. The number of likely N-dealkylation sites (tertiary alicyclic amines) is 1. The molecule has 1 fully saturated rings. The first-order valence-electron chi connectivity index (χ1n) is 13.2. The second-order valence-electron chi connectivity index (χ2n) is 11.0. The summed E-state index contributed by atoms with van der Waals surface area (Å²) in [6.45, 7) is 3.05. The summed E-state index contributed by atoms with van der Waals surface area (Å²) in [6.07, 6.45) is 0.553. The average molecular weight is 566 g/mol. The summed E-state index contributed by atoms with van der Waals surface area (Å²) in [5, 5.41) is 12.4. The van der Waals surface area contributed by atoms with Gasteiger partial charge in [-0.2, -0.15) is 8.78 Å². The van der Waals surface area contributed by atoms with Gasteiger partial charge in [-0.25, -0.2) is 0 Å². The largest absolute Gasteiger partial charge is 0.384 e. The van der Waals surface area contributed by atoms with E-state index in [1.165, 1.54) is 23.5 Å². The van der Waals surface area contributed by atoms with Gasteiger partial charge in [-0.15, -0.1) is 11.3 Å². The Kier molecular flexibility index (Phi) is 7.50. The molecule has 2 amide bonds. The van der Waals surface area contributed by atoms with E-state index in [1.807, 2.05) is 25.9 Å². The number of halogens is 2. The molecular formula is C30H33F2N5O2S. The van der Waals surface area contributed by atoms with E-state index in [1.54, 1.807) is 46.7 Å². The molecule has 3 aromatic rings. The zero-order valence-corrected chi connectivity index (χ0v) is 23.5. The number of nitrogens with zero attached hydrogens (tertiary/aromatic N) is 2. The fourth-order valence-electron chi connectivity index (χ4n) is 5.81. The van der Waals surface area contributed by atoms with E-state index < -0.39 is 12.0 Å². The summed E-state index contributed by atoms with van der Waals surface area (Å²) < 4.78 is 30.0. The molecular weight excluding hydrogens is 532 g/mol. The van der Waals surface area contributed by atoms with Crippen LogP contribution in [0.25, 0.3) is 11.1 Å². The van der Waals surface area contributed by atoms with Crippen molar-refractivity contribution >= 4 is 29.0 Å². The molecule has 1 aliphatic heterocycles. The van der Waals surface area contributed by atoms with Crippen LogP contribution >= 0.6 is 11.3 Å². The highest BCUT2D eigenvalue weighted by Crippen LogP contribution is 2.51. The molecule has 2 aromatic carbocycles. The topological polar surface area (TPSA) is 103 Å². The molecule has 4 N–H and O–H groups in total. The average Bonchev–Trinajstić information content (AvgIpc) is 3.60. The van der Waals surface area contributed by atoms with Gasteiger partial charge in [0.05, 0.1) is 12.5 Å². The van der Waals surface area contributed by atoms with Crippen molar-refractivity contribution in [1.82, 2.24) is 15.1 Å². The van der Waals surface area contributed by atoms with E-state index in [0.717, 1.165) is 11.4 Å². The molecule has 1 saturated heterocycles. The number of alkyl halides is 2. The molecule has 0 saturated carbocycles. The Morgan fingerprint density at radius 2 is 1.90 bits per heavy atom. The van der Waals surface area contributed by atoms with Crippen molar-refractivity contribution in [2.24, 2.45) is 11.7 Å². The third-order valence-electron chi connectivity index (χ3n) is 7.68. The van der Waals surface area contributed by atoms with E-state index in [-0.39, 0.29) is 47.2 Å². The van der Waals surface area contributed by atoms with Crippen LogP contribution in [0.15, 0.2) is 53.9 Å². The first kappa shape index (κ1) is 27.9. The number of thiophene rings is 1. The van der Waals surface area contributed by atoms with Gasteiger partial charge in [0.2, 0.25) is 11.8 Å². The predicted molar refractivity (Wildman–Crippen MR) is 153 cm³/mol. The van der Waals surface area contributed by atoms with Crippen LogP contribution < -0.4 is 11.1 Å². The van der Waals surface area contributed by atoms with Gasteiger partial charge in [0, 0.05) is 40.0 Å². The van der Waals surface area contributed by atoms with Crippen LogP contribution in [0.4, 0.5) is 8.78 Å². The molecule has 10 heteroatoms. The molecule has 2 heterocycles. The standard InChI is InChI=1S/C30H33F2N5O2S/c1-17(26-13-20(16-40-26)28(33)34)35-29(39)25-11-19(14-36(2)3)15-37(25)27(38)12-18-8-9-24-22(10-18)21-6-4-5-7-23(21)30(24,31)32/h4-10,13,16-17,19,25H,11-12,14-15H2,1-3H3,(H3,33,34)(H,35,39)/t17-,19?,25?/m1/s1. The number of benzene rings is 2. The Balaban J connectivity index is 1.34. The molecule has 7 nitrogen and oxygen atoms in total. The van der Waals surface area contributed by atoms with Crippen LogP contribution in [0.5, 0.6) is 0 Å². The van der Waals surface area contributed by atoms with Crippen LogP contribution in [0.2, 0.25) is 0 Å². The van der Waals surface area contributed by atoms with Crippen LogP contribution in [0.3, 0.4) is 0 Å². The first-order valence-corrected chi connectivity index (χ1v) is 14.1. The number of rotatable bonds is 8. The molecule has 0 radical (unpaired) electrons. The molecule has 40 heavy (non-hydrogen) atoms. The van der Waals surface area contributed by atoms with E-state index in [4.69, 9.17) is 11.1 Å². The van der Waals surface area contributed by atoms with Crippen molar-refractivity contribution < 1.29 is 18.4 Å². The maximum atomic E-state index is 15.0. The number of nitrogens with one attached hydrogen (secondary N) is 2. The molecule has 5 rings (SSSR count). The number of amidine groups is 1. The van der Waals surface area contributed by atoms with Crippen molar-refractivity contribution in [1.29, 1.82) is 5.41 Å². The van der Waals surface area contributed by atoms with Gasteiger partial charge >= 0.3 is 0 Å². The van der Waals surface area contributed by atoms with E-state index in [2.05, 4.69) is 5.32 Å². The van der Waals surface area contributed by atoms with E-state index in [9.17, 15) is 18.4 Å². The van der Waals surface area contributed by atoms with E-state index >= 15 is 0 Å². The normalized spacial score (nSPS) is 19.8. The maximum absolute atomic E-state index is 15.0. The molecule has 0 bridgehead atoms. The summed E-state index contributed by atoms with van der Waals surface area (Å²) >= 11 is 1.42. The fraction of sp³-hybridized carbons (Fsp3) is 0.367. The highest BCUT2D eigenvalue weighted by Gasteiger charge is 2.44. The van der Waals surface area contributed by atoms with Gasteiger partial charge < -0.3 is 20.9 Å². The summed E-state index contributed by atoms with van der Waals surface area (Å²) in [7, 11) is 3.92. The van der Waals surface area contributed by atoms with Gasteiger partial charge in [0.25, 0.3) is 5.92 Å². The predicted octanol–water partition coefficient (Wildman–Crippen LogP) is 4.35. The van der Waals surface area contributed by atoms with Crippen molar-refractivity contribution in [2.45, 2.75) is 37.8 Å². The minimum atomic E-state index is -3.07. The number of carbonyl (C=O) groups excluding carboxylic acids is 2. The summed E-state index contributed by atoms with van der Waals surface area (Å²) in [5.74, 6) is -3.42. The Bertz CT molecular complexity index is 1470. The molecule has 1 aliphatic carbocycles. The van der Waals surface area contributed by atoms with Crippen molar-refractivity contribution in [3.63, 3.8) is 0 Å². The van der Waals surface area contributed by atoms with Gasteiger partial charge in [-0.1, -0.05) is 42.5 Å². The van der Waals surface area contributed by atoms with Crippen LogP contribution in [-0.2, 0) is 21.9 Å². The van der Waals surface area contributed by atoms with Crippen molar-refractivity contribution in [3.05, 3.63) is 81.0 Å². The molecule has 2 unspecified atom stereocenters. The number of amides is 2. The van der Waals surface area contributed by atoms with E-state index in [0.29, 0.717) is 35.2 Å². The highest BCUT2D eigenvalue weighted by molar-refractivity contribution is 7.10. The lowest BCUT2D eigenvalue weighted by Crippen LogP contribution is -2.47. The quantitative estimate of drug-likeness (QED) is 0.279. The van der Waals surface area contributed by atoms with Gasteiger partial charge in [0.1, 0.15) is 11.9 Å². The van der Waals surface area contributed by atoms with Gasteiger partial charge in [0.15, 0.2) is 0 Å². The van der Waals surface area contributed by atoms with Gasteiger partial charge in [-0.05, 0) is 56.1 Å². The Morgan fingerprint density at radius 3 is 2.60 bits per heavy atom. The van der Waals surface area contributed by atoms with Crippen LogP contribution in [0, 0.1) is 11.3 Å². The number of nitrogen functional groups attached to an aromatic ring is 1. The maximum Gasteiger partial charge on any atom is 0.299 e. The number of carbonyl (C=O) groups is 2. The number of nitrogens with two attached hydrogens (primary N) is 1. The SMILES string of the molecule is C[C@@H](NC(=O)C1CC(CN(C)C)CN1C(=O)Cc1ccc2c(c1)-c1ccccc1C2(F)F)c1cc(C(=N)N)cs1. The van der Waals surface area contributed by atoms with Crippen LogP contribution in [0.1, 0.15) is 46.5 Å². The minimum absolute atomic E-state index is 0.0158. The lowest BCUT2D eigenvalue weighted by Gasteiger charge is -2.25. The lowest BCUT2D eigenvalue weighted by atomic mass is 10.0. The molecule has 1 aromatic heterocycles. The Labute approximate surface area is 236 Å². The third kappa shape index (κ3) is 5.25. The molecule has 3 atom stereocenters. The zero-order chi connectivity index (χ0) is 28.8. The van der Waals surface area contributed by atoms with Crippen molar-refractivity contribution in [3.8, 4) is 11.1 Å². The first-order chi connectivity index (χ1) is 19.0. The minimum Gasteiger partial charge on any atom is -0.384 e. The molecule has 0 spiro atoms. The third-order valence-corrected chi connectivity index (χ3v) is 8.80. The number of fused-ring (bicyclic) bond motifs is 3. The smallest absolute Gasteiger partial charge is 0.299 e. The summed E-state index contributed by atoms with van der Waals surface area (Å²) in [6, 6.07) is 12.0. The Morgan fingerprint density at radius 1 is 1.18 bits per heavy atom. The number of hydrogen-bond donors (Lipinski definition) is 3. The monoisotopic (exact) mass is 565 g/mol. The Hall–Kier alpha value is -3.63. The highest BCUT2D eigenvalue weighted by atomic mass is 32.1. The summed E-state index contributed by atoms with van der Waals surface area (Å²) in [4.78, 5) is 31.6. The zero-order valence-electron chi connectivity index (χ0n) is 22.7. The van der Waals surface area contributed by atoms with Crippen molar-refractivity contribution in [2.75, 3.05) is 27.2 Å². The lowest BCUT2D eigenvalue weighted by molar-refractivity contribution is -0.138. The van der Waals surface area contributed by atoms with Crippen LogP contribution in [-0.4, -0.2) is 60.7 Å². The summed E-state index contributed by atoms with van der Waals surface area (Å²) in [5.41, 5.74) is 7.68. The second kappa shape index (κ2) is 10.7. The second-order valence-corrected chi connectivity index (χ2v) is 11.9.